The highest BCUT2D eigenvalue weighted by Crippen LogP contribution is 2.50. The number of fused-ring (bicyclic) bond motifs is 15. The van der Waals surface area contributed by atoms with Gasteiger partial charge in [-0.2, -0.15) is 11.8 Å². The predicted octanol–water partition coefficient (Wildman–Crippen LogP) is 1.63. The summed E-state index contributed by atoms with van der Waals surface area (Å²) >= 11 is 28.7. The Kier molecular flexibility index (Phi) is 29.7. The van der Waals surface area contributed by atoms with E-state index in [1.807, 2.05) is 13.8 Å². The maximum atomic E-state index is 16.4. The van der Waals surface area contributed by atoms with Crippen LogP contribution in [0.2, 0.25) is 20.1 Å². The molecule has 0 saturated carbocycles. The zero-order chi connectivity index (χ0) is 88.4. The summed E-state index contributed by atoms with van der Waals surface area (Å²) in [5.41, 5.74) is 9.24. The van der Waals surface area contributed by atoms with Gasteiger partial charge in [0.1, 0.15) is 120 Å². The van der Waals surface area contributed by atoms with Crippen LogP contribution < -0.4 is 68.2 Å². The van der Waals surface area contributed by atoms with Crippen molar-refractivity contribution in [2.75, 3.05) is 32.5 Å². The maximum Gasteiger partial charge on any atom is 0.248 e. The lowest BCUT2D eigenvalue weighted by molar-refractivity contribution is -0.350. The molecule has 6 aromatic carbocycles. The topological polar surface area (TPSA) is 584 Å². The first-order chi connectivity index (χ1) is 57.8. The van der Waals surface area contributed by atoms with Gasteiger partial charge < -0.3 is 153 Å². The molecule has 8 aliphatic heterocycles. The third-order valence-corrected chi connectivity index (χ3v) is 23.8. The number of nitrogens with two attached hydrogens (primary N) is 2. The number of hydrogen-bond acceptors (Lipinski definition) is 31. The fourth-order valence-corrected chi connectivity index (χ4v) is 17.1. The number of carbonyl (C=O) groups excluding carboxylic acids is 7. The molecule has 3 fully saturated rings. The van der Waals surface area contributed by atoms with Gasteiger partial charge in [0.15, 0.2) is 30.3 Å². The SMILES string of the molecule is CN[C@H](CC(C)C)C(=O)NC1C(=O)NC(CC(N)=O)C(=O)N[C@H]2C(=O)N[C@H]3C(=O)N[C@H](C(=O)N[C@H](O)c4cc(O)cc(O)c4-c4cc3ccc4O)[C@H](O[C@H]3C[C@](C)(N)[C@@H](O)[C@H](C)O3)c3ccc(c(Cl)c3)Oc3cc2cc(c3O[C@@H]2O[C@H](CO)[C@@H](O[C@@H]3O[C@H](CNCCSCc4c(Cl)cccc4Cl)[C@H](O)[C@H](O)[C@H]3O)[C@H](O)[C@H]2O)Oc2ccc(cc2Cl)[C@H]1O. The molecule has 37 nitrogen and oxygen atoms in total. The minimum absolute atomic E-state index is 0.119. The van der Waals surface area contributed by atoms with Crippen LogP contribution in [0.25, 0.3) is 11.1 Å². The lowest BCUT2D eigenvalue weighted by Crippen LogP contribution is -2.65. The number of nitrogens with one attached hydrogen (secondary N) is 8. The summed E-state index contributed by atoms with van der Waals surface area (Å²) in [5.74, 6) is -13.2. The number of amides is 7. The van der Waals surface area contributed by atoms with Crippen LogP contribution in [-0.2, 0) is 63.0 Å². The second-order valence-electron chi connectivity index (χ2n) is 30.9. The molecular weight excluding hydrogens is 1710 g/mol. The fourth-order valence-electron chi connectivity index (χ4n) is 15.0. The number of phenolic OH excluding ortho intramolecular Hbond substituents is 3. The zero-order valence-corrected chi connectivity index (χ0v) is 69.6. The van der Waals surface area contributed by atoms with E-state index in [-0.39, 0.29) is 47.7 Å². The van der Waals surface area contributed by atoms with Crippen LogP contribution >= 0.6 is 58.2 Å². The molecule has 11 bridgehead atoms. The Morgan fingerprint density at radius 2 is 1.28 bits per heavy atom. The summed E-state index contributed by atoms with van der Waals surface area (Å²) in [7, 11) is 1.47. The van der Waals surface area contributed by atoms with Gasteiger partial charge in [-0.05, 0) is 128 Å². The first-order valence-electron chi connectivity index (χ1n) is 38.6. The number of thioether (sulfide) groups is 1. The van der Waals surface area contributed by atoms with Crippen LogP contribution in [-0.4, -0.2) is 245 Å². The van der Waals surface area contributed by atoms with Gasteiger partial charge >= 0.3 is 0 Å². The minimum Gasteiger partial charge on any atom is -0.508 e. The van der Waals surface area contributed by atoms with Crippen molar-refractivity contribution < 1.29 is 133 Å². The number of primary amides is 1. The quantitative estimate of drug-likeness (QED) is 0.0455. The largest absolute Gasteiger partial charge is 0.508 e. The number of benzene rings is 6. The number of aliphatic hydroxyl groups excluding tert-OH is 9. The van der Waals surface area contributed by atoms with E-state index in [9.17, 15) is 70.9 Å². The molecule has 0 aromatic heterocycles. The molecule has 23 atom stereocenters. The number of aliphatic hydroxyl groups is 9. The monoisotopic (exact) mass is 1800 g/mol. The molecule has 8 heterocycles. The third kappa shape index (κ3) is 20.6. The van der Waals surface area contributed by atoms with E-state index >= 15 is 24.0 Å². The van der Waals surface area contributed by atoms with Crippen molar-refractivity contribution >= 4 is 99.5 Å². The van der Waals surface area contributed by atoms with Crippen LogP contribution in [0, 0.1) is 5.92 Å². The Morgan fingerprint density at radius 3 is 1.92 bits per heavy atom. The molecule has 2 unspecified atom stereocenters. The second-order valence-corrected chi connectivity index (χ2v) is 33.7. The van der Waals surface area contributed by atoms with Crippen molar-refractivity contribution in [1.82, 2.24) is 42.5 Å². The van der Waals surface area contributed by atoms with Gasteiger partial charge in [-0.25, -0.2) is 0 Å². The van der Waals surface area contributed by atoms with Crippen LogP contribution in [0.15, 0.2) is 97.1 Å². The van der Waals surface area contributed by atoms with Gasteiger partial charge in [0.2, 0.25) is 53.4 Å². The molecule has 0 spiro atoms. The zero-order valence-electron chi connectivity index (χ0n) is 65.7. The van der Waals surface area contributed by atoms with E-state index in [1.54, 1.807) is 18.2 Å². The Labute approximate surface area is 721 Å². The average molecular weight is 1800 g/mol. The van der Waals surface area contributed by atoms with Crippen molar-refractivity contribution in [1.29, 1.82) is 0 Å². The minimum atomic E-state index is -2.39. The Hall–Kier alpha value is -8.76. The number of ether oxygens (including phenoxy) is 8. The van der Waals surface area contributed by atoms with Crippen molar-refractivity contribution in [3.63, 3.8) is 0 Å². The number of rotatable bonds is 21. The first-order valence-corrected chi connectivity index (χ1v) is 41.3. The lowest BCUT2D eigenvalue weighted by atomic mass is 9.86. The fraction of sp³-hybridized carbons (Fsp3) is 0.463. The number of phenols is 3. The summed E-state index contributed by atoms with van der Waals surface area (Å²) in [6, 6.07) is 7.19. The molecule has 42 heteroatoms. The molecular formula is C80H94Cl4N10O27S. The molecule has 0 aliphatic carbocycles. The highest BCUT2D eigenvalue weighted by molar-refractivity contribution is 7.98. The number of carbonyl (C=O) groups is 7. The summed E-state index contributed by atoms with van der Waals surface area (Å²) < 4.78 is 51.1. The van der Waals surface area contributed by atoms with Gasteiger partial charge in [-0.15, -0.1) is 0 Å². The van der Waals surface area contributed by atoms with Crippen molar-refractivity contribution in [2.45, 2.75) is 193 Å². The summed E-state index contributed by atoms with van der Waals surface area (Å²) in [6.45, 7) is 5.68. The highest BCUT2D eigenvalue weighted by Gasteiger charge is 2.53. The Balaban J connectivity index is 1.01. The highest BCUT2D eigenvalue weighted by atomic mass is 35.5. The number of hydrogen-bond donors (Lipinski definition) is 22. The lowest BCUT2D eigenvalue weighted by Gasteiger charge is -2.46. The molecule has 3 saturated heterocycles. The number of aromatic hydroxyl groups is 3. The molecule has 14 rings (SSSR count). The van der Waals surface area contributed by atoms with Crippen molar-refractivity contribution in [3.8, 4) is 57.1 Å². The second kappa shape index (κ2) is 39.2. The summed E-state index contributed by atoms with van der Waals surface area (Å²) in [4.78, 5) is 106. The van der Waals surface area contributed by atoms with E-state index in [2.05, 4.69) is 42.5 Å². The molecule has 660 valence electrons. The molecule has 8 aliphatic rings. The van der Waals surface area contributed by atoms with Gasteiger partial charge in [0.05, 0.1) is 41.3 Å². The average Bonchev–Trinajstić information content (AvgIpc) is 0.756. The predicted molar refractivity (Wildman–Crippen MR) is 435 cm³/mol. The Morgan fingerprint density at radius 1 is 0.656 bits per heavy atom. The van der Waals surface area contributed by atoms with Crippen LogP contribution in [0.1, 0.15) is 111 Å². The van der Waals surface area contributed by atoms with E-state index < -0.39 is 267 Å². The molecule has 24 N–H and O–H groups in total. The van der Waals surface area contributed by atoms with Gasteiger partial charge in [0.25, 0.3) is 0 Å². The molecule has 122 heavy (non-hydrogen) atoms. The van der Waals surface area contributed by atoms with Gasteiger partial charge in [-0.1, -0.05) is 84.5 Å². The summed E-state index contributed by atoms with van der Waals surface area (Å²) in [5, 5.41) is 161. The van der Waals surface area contributed by atoms with Crippen molar-refractivity contribution in [2.24, 2.45) is 17.4 Å². The normalized spacial score (nSPS) is 30.3. The molecule has 0 radical (unpaired) electrons. The number of likely N-dealkylation sites (N-methyl/N-ethyl adjacent to an activating group) is 1. The maximum absolute atomic E-state index is 16.4. The van der Waals surface area contributed by atoms with Gasteiger partial charge in [-0.3, -0.25) is 33.6 Å². The standard InChI is InChI=1S/C80H94Cl4N10O27S/c1-30(2)17-44(87-5)72(108)92-59-61(100)33-10-13-48(42(83)19-33)115-50-21-35-22-51(68(50)120-79-66(105)64(103)69(53(28-95)118-79)121-78-65(104)63(102)62(101)52(117-78)27-88-15-16-122-29-39-40(81)7-6-8-41(39)82)116-49-14-11-34(20-43(49)84)67(119-55-26-80(4,86)70(106)31(3)114-55)60-77(113)94-71(107)38-23-36(96)24-47(98)56(38)37-18-32(9-12-46(37)97)57(74(110)93-60)91-75(111)58(35)90-73(109)45(25-54(85)99)89-76(59)112/h6-14,18-24,30-31,44-45,52-53,55,57-67,69-71,78-79,87-88,95-98,100-107H,15-17,25-29,86H2,1-5H3,(H2,85,99)(H,89,112)(H,90,109)(H,91,111)(H,92,108)(H,93,110)(H,94,113)/t31-,44+,45?,52+,53+,55-,57+,58+,59?,60-,61+,62-,63-,64+,65+,66+,67+,69+,70-,71+,78-,79-,80-/m0/s1. The Bertz CT molecular complexity index is 4870. The molecule has 7 amide bonds. The molecule has 6 aromatic rings. The van der Waals surface area contributed by atoms with Crippen LogP contribution in [0.5, 0.6) is 46.0 Å². The van der Waals surface area contributed by atoms with Gasteiger partial charge in [0, 0.05) is 69.4 Å². The smallest absolute Gasteiger partial charge is 0.248 e. The van der Waals surface area contributed by atoms with Crippen LogP contribution in [0.3, 0.4) is 0 Å². The van der Waals surface area contributed by atoms with E-state index in [0.717, 1.165) is 54.1 Å². The summed E-state index contributed by atoms with van der Waals surface area (Å²) in [6.07, 6.45) is -30.8. The van der Waals surface area contributed by atoms with Crippen LogP contribution in [0.4, 0.5) is 0 Å². The van der Waals surface area contributed by atoms with E-state index in [4.69, 9.17) is 95.8 Å². The number of halogens is 4. The van der Waals surface area contributed by atoms with Crippen molar-refractivity contribution in [3.05, 3.63) is 151 Å². The van der Waals surface area contributed by atoms with E-state index in [0.29, 0.717) is 28.1 Å². The third-order valence-electron chi connectivity index (χ3n) is 21.5. The first kappa shape index (κ1) is 92.4. The van der Waals surface area contributed by atoms with E-state index in [1.165, 1.54) is 63.0 Å².